The normalized spacial score (nSPS) is 14.0. The molecule has 176 valence electrons. The highest BCUT2D eigenvalue weighted by atomic mass is 16.5. The highest BCUT2D eigenvalue weighted by molar-refractivity contribution is 5.83. The molecule has 0 aromatic heterocycles. The van der Waals surface area contributed by atoms with Crippen molar-refractivity contribution in [3.05, 3.63) is 59.7 Å². The molecule has 2 aromatic carbocycles. The second kappa shape index (κ2) is 11.5. The number of benzene rings is 2. The van der Waals surface area contributed by atoms with E-state index in [1.807, 2.05) is 38.1 Å². The van der Waals surface area contributed by atoms with Gasteiger partial charge in [-0.3, -0.25) is 4.79 Å². The first-order chi connectivity index (χ1) is 15.9. The molecule has 33 heavy (non-hydrogen) atoms. The maximum atomic E-state index is 12.3. The Bertz CT molecular complexity index is 945. The van der Waals surface area contributed by atoms with E-state index in [-0.39, 0.29) is 37.3 Å². The maximum Gasteiger partial charge on any atom is 0.407 e. The van der Waals surface area contributed by atoms with Gasteiger partial charge in [-0.1, -0.05) is 75.2 Å². The molecule has 1 aliphatic carbocycles. The molecule has 0 heterocycles. The summed E-state index contributed by atoms with van der Waals surface area (Å²) in [4.78, 5) is 35.8. The summed E-state index contributed by atoms with van der Waals surface area (Å²) < 4.78 is 5.51. The van der Waals surface area contributed by atoms with Crippen LogP contribution in [0.5, 0.6) is 0 Å². The zero-order valence-electron chi connectivity index (χ0n) is 19.2. The molecule has 3 N–H and O–H groups in total. The third kappa shape index (κ3) is 6.34. The van der Waals surface area contributed by atoms with Crippen LogP contribution in [0.15, 0.2) is 48.5 Å². The molecule has 1 unspecified atom stereocenters. The van der Waals surface area contributed by atoms with E-state index in [1.165, 1.54) is 11.1 Å². The average molecular weight is 453 g/mol. The molecule has 0 bridgehead atoms. The molecule has 0 radical (unpaired) electrons. The number of rotatable bonds is 11. The van der Waals surface area contributed by atoms with Crippen LogP contribution in [0.3, 0.4) is 0 Å². The van der Waals surface area contributed by atoms with Gasteiger partial charge in [0.25, 0.3) is 0 Å². The lowest BCUT2D eigenvalue weighted by molar-refractivity contribution is -0.142. The number of hydrogen-bond donors (Lipinski definition) is 3. The van der Waals surface area contributed by atoms with Gasteiger partial charge in [0.15, 0.2) is 0 Å². The van der Waals surface area contributed by atoms with Crippen molar-refractivity contribution in [3.8, 4) is 11.1 Å². The van der Waals surface area contributed by atoms with Gasteiger partial charge >= 0.3 is 12.1 Å². The highest BCUT2D eigenvalue weighted by Crippen LogP contribution is 2.44. The summed E-state index contributed by atoms with van der Waals surface area (Å²) in [5.41, 5.74) is 4.63. The van der Waals surface area contributed by atoms with E-state index in [1.54, 1.807) is 0 Å². The Morgan fingerprint density at radius 2 is 1.64 bits per heavy atom. The minimum absolute atomic E-state index is 0.0116. The van der Waals surface area contributed by atoms with Gasteiger partial charge in [-0.15, -0.1) is 0 Å². The lowest BCUT2D eigenvalue weighted by Gasteiger charge is -2.17. The minimum atomic E-state index is -1.03. The molecule has 0 spiro atoms. The number of carboxylic acid groups (broad SMARTS) is 1. The third-order valence-corrected chi connectivity index (χ3v) is 5.95. The number of unbranched alkanes of at least 4 members (excludes halogenated alkanes) is 1. The smallest absolute Gasteiger partial charge is 0.407 e. The number of hydrogen-bond acceptors (Lipinski definition) is 4. The van der Waals surface area contributed by atoms with Gasteiger partial charge in [0.05, 0.1) is 0 Å². The predicted octanol–water partition coefficient (Wildman–Crippen LogP) is 4.31. The zero-order valence-corrected chi connectivity index (χ0v) is 19.2. The summed E-state index contributed by atoms with van der Waals surface area (Å²) in [6, 6.07) is 15.4. The van der Waals surface area contributed by atoms with Crippen LogP contribution in [0.2, 0.25) is 0 Å². The largest absolute Gasteiger partial charge is 0.480 e. The molecule has 0 saturated carbocycles. The van der Waals surface area contributed by atoms with Crippen LogP contribution in [-0.2, 0) is 14.3 Å². The highest BCUT2D eigenvalue weighted by Gasteiger charge is 2.29. The molecule has 0 saturated heterocycles. The number of aliphatic carboxylic acids is 1. The van der Waals surface area contributed by atoms with Gasteiger partial charge < -0.3 is 20.5 Å². The SMILES string of the molecule is CCCC[C@H](NC(=O)CC(C)CNC(=O)OCC1c2ccccc2-c2ccccc21)C(=O)O. The Morgan fingerprint density at radius 1 is 1.03 bits per heavy atom. The number of carbonyl (C=O) groups excluding carboxylic acids is 2. The monoisotopic (exact) mass is 452 g/mol. The van der Waals surface area contributed by atoms with E-state index in [2.05, 4.69) is 34.9 Å². The molecule has 0 fully saturated rings. The van der Waals surface area contributed by atoms with Gasteiger partial charge in [0, 0.05) is 18.9 Å². The molecular formula is C26H32N2O5. The average Bonchev–Trinajstić information content (AvgIpc) is 3.12. The number of nitrogens with one attached hydrogen (secondary N) is 2. The summed E-state index contributed by atoms with van der Waals surface area (Å²) in [5.74, 6) is -1.53. The molecule has 2 amide bonds. The molecule has 2 aromatic rings. The van der Waals surface area contributed by atoms with Gasteiger partial charge in [-0.05, 0) is 34.6 Å². The second-order valence-electron chi connectivity index (χ2n) is 8.62. The van der Waals surface area contributed by atoms with Gasteiger partial charge in [0.2, 0.25) is 5.91 Å². The van der Waals surface area contributed by atoms with Crippen LogP contribution in [0, 0.1) is 5.92 Å². The van der Waals surface area contributed by atoms with Gasteiger partial charge in [-0.2, -0.15) is 0 Å². The van der Waals surface area contributed by atoms with E-state index in [9.17, 15) is 19.5 Å². The molecule has 7 heteroatoms. The van der Waals surface area contributed by atoms with Crippen molar-refractivity contribution < 1.29 is 24.2 Å². The molecule has 1 aliphatic rings. The van der Waals surface area contributed by atoms with Crippen LogP contribution in [0.25, 0.3) is 11.1 Å². The van der Waals surface area contributed by atoms with Crippen LogP contribution >= 0.6 is 0 Å². The Hall–Kier alpha value is -3.35. The fourth-order valence-electron chi connectivity index (χ4n) is 4.21. The van der Waals surface area contributed by atoms with Crippen molar-refractivity contribution in [1.29, 1.82) is 0 Å². The summed E-state index contributed by atoms with van der Waals surface area (Å²) in [7, 11) is 0. The van der Waals surface area contributed by atoms with Crippen molar-refractivity contribution >= 4 is 18.0 Å². The van der Waals surface area contributed by atoms with Crippen LogP contribution in [0.1, 0.15) is 56.6 Å². The number of carbonyl (C=O) groups is 3. The Kier molecular flexibility index (Phi) is 8.46. The lowest BCUT2D eigenvalue weighted by atomic mass is 9.98. The number of amides is 2. The predicted molar refractivity (Wildman–Crippen MR) is 126 cm³/mol. The Balaban J connectivity index is 1.45. The molecular weight excluding hydrogens is 420 g/mol. The van der Waals surface area contributed by atoms with Gasteiger partial charge in [0.1, 0.15) is 12.6 Å². The fraction of sp³-hybridized carbons (Fsp3) is 0.423. The van der Waals surface area contributed by atoms with Crippen molar-refractivity contribution in [2.45, 2.75) is 51.5 Å². The number of carboxylic acids is 1. The van der Waals surface area contributed by atoms with E-state index in [0.29, 0.717) is 6.42 Å². The lowest BCUT2D eigenvalue weighted by Crippen LogP contribution is -2.42. The van der Waals surface area contributed by atoms with Crippen molar-refractivity contribution in [2.75, 3.05) is 13.2 Å². The molecule has 7 nitrogen and oxygen atoms in total. The standard InChI is InChI=1S/C26H32N2O5/c1-3-4-13-23(25(30)31)28-24(29)14-17(2)15-27-26(32)33-16-22-20-11-7-5-9-18(20)19-10-6-8-12-21(19)22/h5-12,17,22-23H,3-4,13-16H2,1-2H3,(H,27,32)(H,28,29)(H,30,31)/t17?,23-/m0/s1. The zero-order chi connectivity index (χ0) is 23.8. The van der Waals surface area contributed by atoms with Crippen molar-refractivity contribution in [2.24, 2.45) is 5.92 Å². The van der Waals surface area contributed by atoms with E-state index in [4.69, 9.17) is 4.74 Å². The third-order valence-electron chi connectivity index (χ3n) is 5.95. The molecule has 3 rings (SSSR count). The quantitative estimate of drug-likeness (QED) is 0.471. The summed E-state index contributed by atoms with van der Waals surface area (Å²) in [5, 5.41) is 14.5. The van der Waals surface area contributed by atoms with Crippen molar-refractivity contribution in [1.82, 2.24) is 10.6 Å². The first-order valence-corrected chi connectivity index (χ1v) is 11.5. The van der Waals surface area contributed by atoms with Crippen LogP contribution in [-0.4, -0.2) is 42.3 Å². The van der Waals surface area contributed by atoms with E-state index in [0.717, 1.165) is 24.0 Å². The molecule has 0 aliphatic heterocycles. The number of alkyl carbamates (subject to hydrolysis) is 1. The topological polar surface area (TPSA) is 105 Å². The Morgan fingerprint density at radius 3 is 2.21 bits per heavy atom. The summed E-state index contributed by atoms with van der Waals surface area (Å²) in [6.45, 7) is 4.28. The van der Waals surface area contributed by atoms with Gasteiger partial charge in [-0.25, -0.2) is 9.59 Å². The number of ether oxygens (including phenoxy) is 1. The first kappa shape index (κ1) is 24.3. The van der Waals surface area contributed by atoms with E-state index < -0.39 is 18.1 Å². The first-order valence-electron chi connectivity index (χ1n) is 11.5. The number of fused-ring (bicyclic) bond motifs is 3. The van der Waals surface area contributed by atoms with E-state index >= 15 is 0 Å². The Labute approximate surface area is 194 Å². The second-order valence-corrected chi connectivity index (χ2v) is 8.62. The summed E-state index contributed by atoms with van der Waals surface area (Å²) in [6.07, 6.45) is 1.59. The van der Waals surface area contributed by atoms with Crippen molar-refractivity contribution in [3.63, 3.8) is 0 Å². The fourth-order valence-corrected chi connectivity index (χ4v) is 4.21. The van der Waals surface area contributed by atoms with Crippen LogP contribution in [0.4, 0.5) is 4.79 Å². The van der Waals surface area contributed by atoms with Crippen LogP contribution < -0.4 is 10.6 Å². The minimum Gasteiger partial charge on any atom is -0.480 e. The molecule has 2 atom stereocenters. The summed E-state index contributed by atoms with van der Waals surface area (Å²) >= 11 is 0. The maximum absolute atomic E-state index is 12.3.